The third-order valence-electron chi connectivity index (χ3n) is 7.45. The summed E-state index contributed by atoms with van der Waals surface area (Å²) in [6, 6.07) is 6.55. The fourth-order valence-corrected chi connectivity index (χ4v) is 5.81. The maximum absolute atomic E-state index is 10.8. The van der Waals surface area contributed by atoms with Crippen molar-refractivity contribution in [3.8, 4) is 5.75 Å². The van der Waals surface area contributed by atoms with Crippen molar-refractivity contribution in [1.82, 2.24) is 14.8 Å². The van der Waals surface area contributed by atoms with E-state index in [0.717, 1.165) is 64.5 Å². The minimum Gasteiger partial charge on any atom is -0.497 e. The molecule has 1 aliphatic carbocycles. The molecule has 0 radical (unpaired) electrons. The van der Waals surface area contributed by atoms with Gasteiger partial charge in [0, 0.05) is 55.4 Å². The number of nitrogens with zero attached hydrogens (tertiary/aromatic N) is 2. The van der Waals surface area contributed by atoms with E-state index in [1.54, 1.807) is 7.11 Å². The van der Waals surface area contributed by atoms with E-state index in [9.17, 15) is 5.11 Å². The fourth-order valence-electron chi connectivity index (χ4n) is 5.81. The number of likely N-dealkylation sites (tertiary alicyclic amines) is 1. The van der Waals surface area contributed by atoms with Crippen molar-refractivity contribution < 1.29 is 14.6 Å². The second-order valence-electron chi connectivity index (χ2n) is 9.11. The number of benzene rings is 1. The zero-order valence-electron chi connectivity index (χ0n) is 17.6. The molecule has 6 nitrogen and oxygen atoms in total. The van der Waals surface area contributed by atoms with Crippen molar-refractivity contribution in [2.75, 3.05) is 46.5 Å². The highest BCUT2D eigenvalue weighted by Crippen LogP contribution is 2.39. The molecule has 0 unspecified atom stereocenters. The molecule has 1 saturated carbocycles. The Hall–Kier alpha value is -1.60. The molecule has 4 atom stereocenters. The van der Waals surface area contributed by atoms with Gasteiger partial charge >= 0.3 is 0 Å². The SMILES string of the molecule is COc1ccc2[nH]c(CN3C[C@H]4C[C@@H](N5CCOCC5)[C@H](O)C[C@H]4C3)c(C)c2c1. The lowest BCUT2D eigenvalue weighted by Crippen LogP contribution is -2.53. The van der Waals surface area contributed by atoms with E-state index in [1.165, 1.54) is 22.2 Å². The van der Waals surface area contributed by atoms with Crippen molar-refractivity contribution >= 4 is 10.9 Å². The highest BCUT2D eigenvalue weighted by atomic mass is 16.5. The summed E-state index contributed by atoms with van der Waals surface area (Å²) in [5, 5.41) is 12.1. The minimum absolute atomic E-state index is 0.198. The van der Waals surface area contributed by atoms with E-state index in [1.807, 2.05) is 6.07 Å². The first-order chi connectivity index (χ1) is 14.1. The summed E-state index contributed by atoms with van der Waals surface area (Å²) in [5.41, 5.74) is 3.80. The summed E-state index contributed by atoms with van der Waals surface area (Å²) >= 11 is 0. The number of fused-ring (bicyclic) bond motifs is 2. The summed E-state index contributed by atoms with van der Waals surface area (Å²) in [4.78, 5) is 8.67. The average molecular weight is 400 g/mol. The third kappa shape index (κ3) is 3.67. The van der Waals surface area contributed by atoms with Crippen molar-refractivity contribution in [3.05, 3.63) is 29.5 Å². The summed E-state index contributed by atoms with van der Waals surface area (Å²) in [5.74, 6) is 2.21. The molecule has 29 heavy (non-hydrogen) atoms. The quantitative estimate of drug-likeness (QED) is 0.827. The Balaban J connectivity index is 1.27. The Bertz CT molecular complexity index is 860. The lowest BCUT2D eigenvalue weighted by atomic mass is 9.77. The molecule has 2 aromatic rings. The van der Waals surface area contributed by atoms with Gasteiger partial charge in [-0.1, -0.05) is 0 Å². The van der Waals surface area contributed by atoms with Crippen LogP contribution in [0.2, 0.25) is 0 Å². The molecular weight excluding hydrogens is 366 g/mol. The smallest absolute Gasteiger partial charge is 0.119 e. The fraction of sp³-hybridized carbons (Fsp3) is 0.652. The van der Waals surface area contributed by atoms with Crippen molar-refractivity contribution in [2.24, 2.45) is 11.8 Å². The predicted octanol–water partition coefficient (Wildman–Crippen LogP) is 2.39. The van der Waals surface area contributed by atoms with E-state index in [4.69, 9.17) is 9.47 Å². The lowest BCUT2D eigenvalue weighted by Gasteiger charge is -2.43. The van der Waals surface area contributed by atoms with Crippen LogP contribution in [-0.2, 0) is 11.3 Å². The van der Waals surface area contributed by atoms with Gasteiger partial charge in [0.25, 0.3) is 0 Å². The first-order valence-corrected chi connectivity index (χ1v) is 11.0. The number of aliphatic hydroxyl groups excluding tert-OH is 1. The van der Waals surface area contributed by atoms with Crippen LogP contribution in [0.15, 0.2) is 18.2 Å². The van der Waals surface area contributed by atoms with Crippen LogP contribution in [0.1, 0.15) is 24.1 Å². The highest BCUT2D eigenvalue weighted by Gasteiger charge is 2.43. The summed E-state index contributed by atoms with van der Waals surface area (Å²) in [7, 11) is 1.72. The highest BCUT2D eigenvalue weighted by molar-refractivity contribution is 5.85. The number of aromatic amines is 1. The van der Waals surface area contributed by atoms with E-state index >= 15 is 0 Å². The van der Waals surface area contributed by atoms with E-state index in [2.05, 4.69) is 33.8 Å². The van der Waals surface area contributed by atoms with Gasteiger partial charge in [0.1, 0.15) is 5.75 Å². The zero-order chi connectivity index (χ0) is 20.0. The molecule has 3 heterocycles. The van der Waals surface area contributed by atoms with Crippen LogP contribution in [-0.4, -0.2) is 78.5 Å². The molecule has 2 aliphatic heterocycles. The molecule has 3 aliphatic rings. The molecule has 0 amide bonds. The molecular formula is C23H33N3O3. The zero-order valence-corrected chi connectivity index (χ0v) is 17.6. The molecule has 0 spiro atoms. The van der Waals surface area contributed by atoms with Gasteiger partial charge in [-0.15, -0.1) is 0 Å². The standard InChI is InChI=1S/C23H33N3O3/c1-15-19-11-18(28-2)3-4-20(19)24-21(15)14-25-12-16-9-22(23(27)10-17(16)13-25)26-5-7-29-8-6-26/h3-4,11,16-17,22-24,27H,5-10,12-14H2,1-2H3/t16-,17+,22-,23-/m1/s1. The Morgan fingerprint density at radius 3 is 2.69 bits per heavy atom. The number of rotatable bonds is 4. The first kappa shape index (κ1) is 19.4. The topological polar surface area (TPSA) is 61.0 Å². The monoisotopic (exact) mass is 399 g/mol. The van der Waals surface area contributed by atoms with Crippen LogP contribution < -0.4 is 4.74 Å². The first-order valence-electron chi connectivity index (χ1n) is 11.0. The number of aromatic nitrogens is 1. The van der Waals surface area contributed by atoms with E-state index in [0.29, 0.717) is 17.9 Å². The van der Waals surface area contributed by atoms with Crippen LogP contribution in [0.25, 0.3) is 10.9 Å². The number of methoxy groups -OCH3 is 1. The van der Waals surface area contributed by atoms with Crippen LogP contribution >= 0.6 is 0 Å². The van der Waals surface area contributed by atoms with E-state index in [-0.39, 0.29) is 6.10 Å². The van der Waals surface area contributed by atoms with Gasteiger partial charge in [-0.05, 0) is 55.4 Å². The Labute approximate surface area is 172 Å². The summed E-state index contributed by atoms with van der Waals surface area (Å²) < 4.78 is 10.9. The number of H-pyrrole nitrogens is 1. The van der Waals surface area contributed by atoms with Gasteiger partial charge in [-0.2, -0.15) is 0 Å². The third-order valence-corrected chi connectivity index (χ3v) is 7.45. The van der Waals surface area contributed by atoms with Gasteiger partial charge < -0.3 is 19.6 Å². The largest absolute Gasteiger partial charge is 0.497 e. The molecule has 0 bridgehead atoms. The van der Waals surface area contributed by atoms with Crippen LogP contribution in [0.4, 0.5) is 0 Å². The molecule has 1 aromatic carbocycles. The number of hydrogen-bond acceptors (Lipinski definition) is 5. The van der Waals surface area contributed by atoms with Crippen LogP contribution in [0.3, 0.4) is 0 Å². The molecule has 3 fully saturated rings. The number of ether oxygens (including phenoxy) is 2. The van der Waals surface area contributed by atoms with Gasteiger partial charge in [-0.3, -0.25) is 9.80 Å². The number of morpholine rings is 1. The van der Waals surface area contributed by atoms with Crippen molar-refractivity contribution in [1.29, 1.82) is 0 Å². The van der Waals surface area contributed by atoms with Gasteiger partial charge in [0.15, 0.2) is 0 Å². The maximum Gasteiger partial charge on any atom is 0.119 e. The van der Waals surface area contributed by atoms with E-state index < -0.39 is 0 Å². The Kier molecular flexibility index (Phi) is 5.28. The molecule has 5 rings (SSSR count). The molecule has 2 N–H and O–H groups in total. The Morgan fingerprint density at radius 2 is 1.93 bits per heavy atom. The number of nitrogens with one attached hydrogen (secondary N) is 1. The normalized spacial score (nSPS) is 31.3. The molecule has 1 aromatic heterocycles. The predicted molar refractivity (Wildman–Crippen MR) is 113 cm³/mol. The number of hydrogen-bond donors (Lipinski definition) is 2. The second-order valence-corrected chi connectivity index (χ2v) is 9.11. The Morgan fingerprint density at radius 1 is 1.17 bits per heavy atom. The van der Waals surface area contributed by atoms with Crippen LogP contribution in [0, 0.1) is 18.8 Å². The van der Waals surface area contributed by atoms with Gasteiger partial charge in [0.2, 0.25) is 0 Å². The van der Waals surface area contributed by atoms with Gasteiger partial charge in [0.05, 0.1) is 26.4 Å². The van der Waals surface area contributed by atoms with Crippen molar-refractivity contribution in [3.63, 3.8) is 0 Å². The lowest BCUT2D eigenvalue weighted by molar-refractivity contribution is -0.0520. The van der Waals surface area contributed by atoms with Crippen molar-refractivity contribution in [2.45, 2.75) is 38.5 Å². The summed E-state index contributed by atoms with van der Waals surface area (Å²) in [6.45, 7) is 8.90. The second kappa shape index (κ2) is 7.91. The maximum atomic E-state index is 10.8. The molecule has 2 saturated heterocycles. The van der Waals surface area contributed by atoms with Gasteiger partial charge in [-0.25, -0.2) is 0 Å². The molecule has 6 heteroatoms. The average Bonchev–Trinajstić information content (AvgIpc) is 3.27. The number of aliphatic hydroxyl groups is 1. The summed E-state index contributed by atoms with van der Waals surface area (Å²) in [6.07, 6.45) is 1.86. The van der Waals surface area contributed by atoms with Crippen LogP contribution in [0.5, 0.6) is 5.75 Å². The minimum atomic E-state index is -0.198. The molecule has 158 valence electrons. The number of aryl methyl sites for hydroxylation is 1.